The van der Waals surface area contributed by atoms with Crippen molar-refractivity contribution in [1.82, 2.24) is 0 Å². The van der Waals surface area contributed by atoms with E-state index >= 15 is 0 Å². The molecule has 1 unspecified atom stereocenters. The Hall–Kier alpha value is -2.56. The van der Waals surface area contributed by atoms with Gasteiger partial charge in [-0.3, -0.25) is 4.79 Å². The smallest absolute Gasteiger partial charge is 0.268 e. The van der Waals surface area contributed by atoms with Crippen LogP contribution < -0.4 is 15.4 Å². The molecule has 0 saturated carbocycles. The lowest BCUT2D eigenvalue weighted by Crippen LogP contribution is -2.44. The average Bonchev–Trinajstić information content (AvgIpc) is 2.45. The number of halogens is 1. The molecule has 0 aromatic heterocycles. The van der Waals surface area contributed by atoms with E-state index in [1.54, 1.807) is 43.3 Å². The number of fused-ring (bicyclic) bond motifs is 1. The van der Waals surface area contributed by atoms with Crippen molar-refractivity contribution in [1.29, 1.82) is 0 Å². The van der Waals surface area contributed by atoms with E-state index in [-0.39, 0.29) is 18.3 Å². The number of rotatable bonds is 2. The van der Waals surface area contributed by atoms with Gasteiger partial charge in [-0.05, 0) is 25.1 Å². The van der Waals surface area contributed by atoms with E-state index in [4.69, 9.17) is 10.5 Å². The molecule has 0 saturated heterocycles. The summed E-state index contributed by atoms with van der Waals surface area (Å²) in [5.74, 6) is 0.00963. The number of hydrogen-bond donors (Lipinski definition) is 1. The molecule has 21 heavy (non-hydrogen) atoms. The third-order valence-corrected chi connectivity index (χ3v) is 3.48. The van der Waals surface area contributed by atoms with Crippen LogP contribution in [0.25, 0.3) is 0 Å². The minimum atomic E-state index is -0.619. The first kappa shape index (κ1) is 13.4. The normalized spacial score (nSPS) is 17.3. The zero-order chi connectivity index (χ0) is 15.0. The average molecular weight is 286 g/mol. The zero-order valence-corrected chi connectivity index (χ0v) is 11.5. The molecule has 1 aliphatic heterocycles. The number of hydrogen-bond acceptors (Lipinski definition) is 3. The van der Waals surface area contributed by atoms with Gasteiger partial charge in [0.05, 0.1) is 12.2 Å². The van der Waals surface area contributed by atoms with E-state index in [1.165, 1.54) is 11.0 Å². The maximum atomic E-state index is 13.8. The Morgan fingerprint density at radius 3 is 2.81 bits per heavy atom. The second-order valence-electron chi connectivity index (χ2n) is 5.00. The summed E-state index contributed by atoms with van der Waals surface area (Å²) in [6, 6.07) is 11.5. The molecule has 108 valence electrons. The van der Waals surface area contributed by atoms with E-state index in [1.807, 2.05) is 0 Å². The van der Waals surface area contributed by atoms with Crippen molar-refractivity contribution in [3.8, 4) is 5.75 Å². The first-order chi connectivity index (χ1) is 10.1. The Bertz CT molecular complexity index is 702. The van der Waals surface area contributed by atoms with Crippen molar-refractivity contribution in [3.63, 3.8) is 0 Å². The molecule has 3 rings (SSSR count). The molecular weight excluding hydrogens is 271 g/mol. The molecule has 1 heterocycles. The van der Waals surface area contributed by atoms with Crippen LogP contribution in [0.15, 0.2) is 42.5 Å². The maximum absolute atomic E-state index is 13.8. The number of nitrogen functional groups attached to an aromatic ring is 1. The number of anilines is 2. The lowest BCUT2D eigenvalue weighted by Gasteiger charge is -2.33. The second kappa shape index (κ2) is 5.09. The Morgan fingerprint density at radius 2 is 2.05 bits per heavy atom. The fourth-order valence-corrected chi connectivity index (χ4v) is 2.39. The third-order valence-electron chi connectivity index (χ3n) is 3.48. The largest absolute Gasteiger partial charge is 0.479 e. The van der Waals surface area contributed by atoms with E-state index in [9.17, 15) is 9.18 Å². The Balaban J connectivity index is 2.01. The second-order valence-corrected chi connectivity index (χ2v) is 5.00. The van der Waals surface area contributed by atoms with Gasteiger partial charge in [-0.1, -0.05) is 18.2 Å². The predicted molar refractivity (Wildman–Crippen MR) is 78.5 cm³/mol. The summed E-state index contributed by atoms with van der Waals surface area (Å²) in [4.78, 5) is 13.9. The van der Waals surface area contributed by atoms with Gasteiger partial charge in [-0.15, -0.1) is 0 Å². The first-order valence-electron chi connectivity index (χ1n) is 6.67. The predicted octanol–water partition coefficient (Wildman–Crippen LogP) is 2.72. The van der Waals surface area contributed by atoms with Crippen LogP contribution in [-0.2, 0) is 11.3 Å². The molecule has 5 heteroatoms. The van der Waals surface area contributed by atoms with Gasteiger partial charge in [0.25, 0.3) is 5.91 Å². The van der Waals surface area contributed by atoms with Gasteiger partial charge in [0, 0.05) is 17.3 Å². The molecular formula is C16H15FN2O2. The topological polar surface area (TPSA) is 55.6 Å². The minimum absolute atomic E-state index is 0.163. The van der Waals surface area contributed by atoms with Crippen LogP contribution in [0, 0.1) is 5.82 Å². The van der Waals surface area contributed by atoms with E-state index < -0.39 is 6.10 Å². The molecule has 1 atom stereocenters. The first-order valence-corrected chi connectivity index (χ1v) is 6.67. The van der Waals surface area contributed by atoms with Gasteiger partial charge in [-0.2, -0.15) is 0 Å². The van der Waals surface area contributed by atoms with Crippen LogP contribution in [0.1, 0.15) is 12.5 Å². The highest BCUT2D eigenvalue weighted by atomic mass is 19.1. The van der Waals surface area contributed by atoms with Crippen LogP contribution in [-0.4, -0.2) is 12.0 Å². The van der Waals surface area contributed by atoms with Crippen molar-refractivity contribution in [2.45, 2.75) is 19.6 Å². The molecule has 0 spiro atoms. The zero-order valence-electron chi connectivity index (χ0n) is 11.5. The van der Waals surface area contributed by atoms with Crippen LogP contribution in [0.4, 0.5) is 15.8 Å². The van der Waals surface area contributed by atoms with Crippen molar-refractivity contribution in [2.24, 2.45) is 0 Å². The monoisotopic (exact) mass is 286 g/mol. The van der Waals surface area contributed by atoms with Crippen molar-refractivity contribution < 1.29 is 13.9 Å². The molecule has 2 aromatic carbocycles. The van der Waals surface area contributed by atoms with Crippen molar-refractivity contribution >= 4 is 17.3 Å². The molecule has 4 nitrogen and oxygen atoms in total. The number of ether oxygens (including phenoxy) is 1. The van der Waals surface area contributed by atoms with Gasteiger partial charge in [0.1, 0.15) is 11.6 Å². The van der Waals surface area contributed by atoms with Crippen LogP contribution >= 0.6 is 0 Å². The third kappa shape index (κ3) is 2.42. The van der Waals surface area contributed by atoms with Crippen molar-refractivity contribution in [3.05, 3.63) is 53.8 Å². The van der Waals surface area contributed by atoms with Gasteiger partial charge in [0.2, 0.25) is 0 Å². The molecule has 1 aliphatic rings. The number of carbonyl (C=O) groups excluding carboxylic acids is 1. The summed E-state index contributed by atoms with van der Waals surface area (Å²) in [5, 5.41) is 0. The lowest BCUT2D eigenvalue weighted by molar-refractivity contribution is -0.125. The summed E-state index contributed by atoms with van der Waals surface area (Å²) in [6.07, 6.45) is -0.619. The fourth-order valence-electron chi connectivity index (χ4n) is 2.39. The van der Waals surface area contributed by atoms with E-state index in [0.29, 0.717) is 22.7 Å². The quantitative estimate of drug-likeness (QED) is 0.864. The van der Waals surface area contributed by atoms with E-state index in [2.05, 4.69) is 0 Å². The number of benzene rings is 2. The fraction of sp³-hybridized carbons (Fsp3) is 0.188. The number of nitrogens with two attached hydrogens (primary N) is 1. The molecule has 2 N–H and O–H groups in total. The van der Waals surface area contributed by atoms with Crippen molar-refractivity contribution in [2.75, 3.05) is 10.6 Å². The van der Waals surface area contributed by atoms with Gasteiger partial charge in [0.15, 0.2) is 6.10 Å². The molecule has 0 aliphatic carbocycles. The van der Waals surface area contributed by atoms with Crippen LogP contribution in [0.5, 0.6) is 5.75 Å². The molecule has 0 bridgehead atoms. The summed E-state index contributed by atoms with van der Waals surface area (Å²) in [6.45, 7) is 1.83. The number of nitrogens with zero attached hydrogens (tertiary/aromatic N) is 1. The standard InChI is InChI=1S/C16H15FN2O2/c1-10-16(20)19(9-11-4-2-3-5-13(11)17)14-7-6-12(18)8-15(14)21-10/h2-8,10H,9,18H2,1H3. The van der Waals surface area contributed by atoms with Gasteiger partial charge < -0.3 is 15.4 Å². The summed E-state index contributed by atoms with van der Waals surface area (Å²) >= 11 is 0. The Morgan fingerprint density at radius 1 is 1.29 bits per heavy atom. The minimum Gasteiger partial charge on any atom is -0.479 e. The van der Waals surface area contributed by atoms with Gasteiger partial charge >= 0.3 is 0 Å². The molecule has 1 amide bonds. The highest BCUT2D eigenvalue weighted by Crippen LogP contribution is 2.36. The SMILES string of the molecule is CC1Oc2cc(N)ccc2N(Cc2ccccc2F)C1=O. The van der Waals surface area contributed by atoms with Gasteiger partial charge in [-0.25, -0.2) is 4.39 Å². The summed E-state index contributed by atoms with van der Waals surface area (Å²) in [5.41, 5.74) is 7.37. The van der Waals surface area contributed by atoms with E-state index in [0.717, 1.165) is 0 Å². The Kier molecular flexibility index (Phi) is 3.25. The number of carbonyl (C=O) groups is 1. The van der Waals surface area contributed by atoms with Crippen LogP contribution in [0.3, 0.4) is 0 Å². The molecule has 0 radical (unpaired) electrons. The Labute approximate surface area is 121 Å². The van der Waals surface area contributed by atoms with Crippen LogP contribution in [0.2, 0.25) is 0 Å². The lowest BCUT2D eigenvalue weighted by atomic mass is 10.1. The summed E-state index contributed by atoms with van der Waals surface area (Å²) in [7, 11) is 0. The highest BCUT2D eigenvalue weighted by molar-refractivity contribution is 6.00. The summed E-state index contributed by atoms with van der Waals surface area (Å²) < 4.78 is 19.4. The molecule has 2 aromatic rings. The number of amides is 1. The molecule has 0 fully saturated rings. The highest BCUT2D eigenvalue weighted by Gasteiger charge is 2.31. The maximum Gasteiger partial charge on any atom is 0.268 e.